The first-order valence-corrected chi connectivity index (χ1v) is 5.59. The summed E-state index contributed by atoms with van der Waals surface area (Å²) in [5, 5.41) is 5.74. The molecule has 1 aromatic rings. The number of hydrogen-bond acceptors (Lipinski definition) is 2. The average Bonchev–Trinajstić information content (AvgIpc) is 2.19. The Balaban J connectivity index is 1.97. The van der Waals surface area contributed by atoms with Crippen LogP contribution in [-0.4, -0.2) is 12.1 Å². The Labute approximate surface area is 95.2 Å². The summed E-state index contributed by atoms with van der Waals surface area (Å²) in [6.45, 7) is 1.90. The van der Waals surface area contributed by atoms with E-state index < -0.39 is 0 Å². The van der Waals surface area contributed by atoms with Gasteiger partial charge in [0.05, 0.1) is 0 Å². The molecule has 0 unspecified atom stereocenters. The van der Waals surface area contributed by atoms with Crippen LogP contribution < -0.4 is 16.4 Å². The van der Waals surface area contributed by atoms with Gasteiger partial charge in [-0.1, -0.05) is 6.07 Å². The molecule has 1 aliphatic rings. The van der Waals surface area contributed by atoms with Gasteiger partial charge in [-0.05, 0) is 43.9 Å². The van der Waals surface area contributed by atoms with Crippen molar-refractivity contribution in [3.63, 3.8) is 0 Å². The molecule has 0 bridgehead atoms. The highest BCUT2D eigenvalue weighted by Gasteiger charge is 2.19. The summed E-state index contributed by atoms with van der Waals surface area (Å²) < 4.78 is 0. The molecule has 0 saturated heterocycles. The van der Waals surface area contributed by atoms with Gasteiger partial charge in [0.2, 0.25) is 0 Å². The van der Waals surface area contributed by atoms with Crippen LogP contribution in [0.4, 0.5) is 16.2 Å². The highest BCUT2D eigenvalue weighted by molar-refractivity contribution is 5.91. The summed E-state index contributed by atoms with van der Waals surface area (Å²) in [4.78, 5) is 11.6. The lowest BCUT2D eigenvalue weighted by atomic mass is 9.93. The number of nitrogen functional groups attached to an aromatic ring is 1. The topological polar surface area (TPSA) is 67.1 Å². The molecule has 0 atom stereocenters. The Morgan fingerprint density at radius 1 is 1.44 bits per heavy atom. The fraction of sp³-hybridized carbons (Fsp3) is 0.417. The molecule has 4 heteroatoms. The Hall–Kier alpha value is -1.71. The number of carbonyl (C=O) groups excluding carboxylic acids is 1. The van der Waals surface area contributed by atoms with Crippen LogP contribution in [0.25, 0.3) is 0 Å². The number of hydrogen-bond donors (Lipinski definition) is 3. The fourth-order valence-corrected chi connectivity index (χ4v) is 1.69. The summed E-state index contributed by atoms with van der Waals surface area (Å²) in [6.07, 6.45) is 3.38. The molecule has 0 aliphatic heterocycles. The van der Waals surface area contributed by atoms with Crippen LogP contribution in [0.3, 0.4) is 0 Å². The van der Waals surface area contributed by atoms with E-state index in [1.807, 2.05) is 25.1 Å². The summed E-state index contributed by atoms with van der Waals surface area (Å²) in [7, 11) is 0. The molecule has 86 valence electrons. The number of nitrogens with two attached hydrogens (primary N) is 1. The molecule has 16 heavy (non-hydrogen) atoms. The van der Waals surface area contributed by atoms with Gasteiger partial charge in [0.1, 0.15) is 0 Å². The molecule has 0 spiro atoms. The number of nitrogens with one attached hydrogen (secondary N) is 2. The van der Waals surface area contributed by atoms with Gasteiger partial charge in [-0.15, -0.1) is 0 Å². The second kappa shape index (κ2) is 4.43. The lowest BCUT2D eigenvalue weighted by molar-refractivity contribution is 0.240. The molecule has 1 saturated carbocycles. The molecule has 0 heterocycles. The third kappa shape index (κ3) is 2.27. The molecule has 1 aromatic carbocycles. The molecule has 0 aromatic heterocycles. The van der Waals surface area contributed by atoms with Crippen molar-refractivity contribution in [1.82, 2.24) is 5.32 Å². The van der Waals surface area contributed by atoms with Crippen molar-refractivity contribution >= 4 is 17.4 Å². The first kappa shape index (κ1) is 10.8. The van der Waals surface area contributed by atoms with Crippen molar-refractivity contribution in [3.8, 4) is 0 Å². The molecule has 2 rings (SSSR count). The van der Waals surface area contributed by atoms with Gasteiger partial charge in [-0.25, -0.2) is 4.79 Å². The van der Waals surface area contributed by atoms with Crippen LogP contribution in [0.5, 0.6) is 0 Å². The number of urea groups is 1. The molecule has 4 nitrogen and oxygen atoms in total. The van der Waals surface area contributed by atoms with Gasteiger partial charge in [-0.3, -0.25) is 0 Å². The number of benzene rings is 1. The minimum absolute atomic E-state index is 0.140. The zero-order valence-electron chi connectivity index (χ0n) is 9.42. The largest absolute Gasteiger partial charge is 0.398 e. The third-order valence-corrected chi connectivity index (χ3v) is 3.06. The highest BCUT2D eigenvalue weighted by atomic mass is 16.2. The van der Waals surface area contributed by atoms with Gasteiger partial charge in [0.25, 0.3) is 0 Å². The van der Waals surface area contributed by atoms with Crippen LogP contribution in [0.2, 0.25) is 0 Å². The SMILES string of the molecule is Cc1c(N)cccc1NC(=O)NC1CCC1. The lowest BCUT2D eigenvalue weighted by Crippen LogP contribution is -2.41. The van der Waals surface area contributed by atoms with Crippen LogP contribution in [-0.2, 0) is 0 Å². The number of carbonyl (C=O) groups is 1. The smallest absolute Gasteiger partial charge is 0.319 e. The number of amides is 2. The van der Waals surface area contributed by atoms with Crippen LogP contribution in [0.15, 0.2) is 18.2 Å². The minimum atomic E-state index is -0.140. The monoisotopic (exact) mass is 219 g/mol. The maximum absolute atomic E-state index is 11.6. The lowest BCUT2D eigenvalue weighted by Gasteiger charge is -2.26. The molecule has 0 radical (unpaired) electrons. The Morgan fingerprint density at radius 2 is 2.19 bits per heavy atom. The maximum Gasteiger partial charge on any atom is 0.319 e. The van der Waals surface area contributed by atoms with Crippen molar-refractivity contribution in [2.75, 3.05) is 11.1 Å². The van der Waals surface area contributed by atoms with E-state index in [2.05, 4.69) is 10.6 Å². The van der Waals surface area contributed by atoms with Crippen LogP contribution in [0, 0.1) is 6.92 Å². The summed E-state index contributed by atoms with van der Waals surface area (Å²) in [5.41, 5.74) is 8.14. The van der Waals surface area contributed by atoms with Crippen molar-refractivity contribution < 1.29 is 4.79 Å². The van der Waals surface area contributed by atoms with Crippen molar-refractivity contribution in [2.45, 2.75) is 32.2 Å². The first-order valence-electron chi connectivity index (χ1n) is 5.59. The zero-order valence-corrected chi connectivity index (χ0v) is 9.42. The minimum Gasteiger partial charge on any atom is -0.398 e. The van der Waals surface area contributed by atoms with Gasteiger partial charge in [-0.2, -0.15) is 0 Å². The summed E-state index contributed by atoms with van der Waals surface area (Å²) in [6, 6.07) is 5.72. The van der Waals surface area contributed by atoms with E-state index in [0.717, 1.165) is 24.1 Å². The van der Waals surface area contributed by atoms with Crippen LogP contribution >= 0.6 is 0 Å². The highest BCUT2D eigenvalue weighted by Crippen LogP contribution is 2.21. The Morgan fingerprint density at radius 3 is 2.81 bits per heavy atom. The van der Waals surface area contributed by atoms with E-state index in [9.17, 15) is 4.79 Å². The van der Waals surface area contributed by atoms with Crippen molar-refractivity contribution in [2.24, 2.45) is 0 Å². The molecular weight excluding hydrogens is 202 g/mol. The standard InChI is InChI=1S/C12H17N3O/c1-8-10(13)6-3-7-11(8)15-12(16)14-9-4-2-5-9/h3,6-7,9H,2,4-5,13H2,1H3,(H2,14,15,16). The van der Waals surface area contributed by atoms with Crippen LogP contribution in [0.1, 0.15) is 24.8 Å². The van der Waals surface area contributed by atoms with E-state index in [1.165, 1.54) is 6.42 Å². The normalized spacial score (nSPS) is 15.3. The second-order valence-electron chi connectivity index (χ2n) is 4.25. The summed E-state index contributed by atoms with van der Waals surface area (Å²) >= 11 is 0. The molecule has 2 amide bonds. The van der Waals surface area contributed by atoms with E-state index in [1.54, 1.807) is 0 Å². The second-order valence-corrected chi connectivity index (χ2v) is 4.25. The van der Waals surface area contributed by atoms with Crippen molar-refractivity contribution in [3.05, 3.63) is 23.8 Å². The van der Waals surface area contributed by atoms with E-state index in [-0.39, 0.29) is 6.03 Å². The van der Waals surface area contributed by atoms with Gasteiger partial charge in [0, 0.05) is 17.4 Å². The predicted octanol–water partition coefficient (Wildman–Crippen LogP) is 2.25. The Bertz CT molecular complexity index is 399. The molecule has 4 N–H and O–H groups in total. The maximum atomic E-state index is 11.6. The zero-order chi connectivity index (χ0) is 11.5. The van der Waals surface area contributed by atoms with Gasteiger partial charge in [0.15, 0.2) is 0 Å². The van der Waals surface area contributed by atoms with E-state index in [4.69, 9.17) is 5.73 Å². The quantitative estimate of drug-likeness (QED) is 0.668. The van der Waals surface area contributed by atoms with E-state index in [0.29, 0.717) is 11.7 Å². The summed E-state index contributed by atoms with van der Waals surface area (Å²) in [5.74, 6) is 0. The van der Waals surface area contributed by atoms with Gasteiger partial charge < -0.3 is 16.4 Å². The van der Waals surface area contributed by atoms with Gasteiger partial charge >= 0.3 is 6.03 Å². The Kier molecular flexibility index (Phi) is 2.99. The fourth-order valence-electron chi connectivity index (χ4n) is 1.69. The predicted molar refractivity (Wildman–Crippen MR) is 65.4 cm³/mol. The van der Waals surface area contributed by atoms with E-state index >= 15 is 0 Å². The molecule has 1 fully saturated rings. The first-order chi connectivity index (χ1) is 7.66. The number of rotatable bonds is 2. The molecular formula is C12H17N3O. The molecule has 1 aliphatic carbocycles. The average molecular weight is 219 g/mol. The van der Waals surface area contributed by atoms with Crippen molar-refractivity contribution in [1.29, 1.82) is 0 Å². The number of anilines is 2. The third-order valence-electron chi connectivity index (χ3n) is 3.06.